The van der Waals surface area contributed by atoms with Crippen molar-refractivity contribution < 1.29 is 20.1 Å². The van der Waals surface area contributed by atoms with Gasteiger partial charge in [0.05, 0.1) is 11.3 Å². The Morgan fingerprint density at radius 1 is 1.04 bits per heavy atom. The summed E-state index contributed by atoms with van der Waals surface area (Å²) in [6.07, 6.45) is 1.35. The number of phenolic OH excluding ortho intramolecular Hbond substituents is 1. The number of phenols is 1. The number of rotatable bonds is 3. The Labute approximate surface area is 156 Å². The minimum atomic E-state index is -0.720. The molecule has 0 bridgehead atoms. The first-order valence-electron chi connectivity index (χ1n) is 7.52. The highest BCUT2D eigenvalue weighted by Crippen LogP contribution is 2.36. The van der Waals surface area contributed by atoms with Crippen LogP contribution in [-0.4, -0.2) is 25.8 Å². The highest BCUT2D eigenvalue weighted by atomic mass is 79.9. The third-order valence-electron chi connectivity index (χ3n) is 3.67. The van der Waals surface area contributed by atoms with Gasteiger partial charge in [0, 0.05) is 21.4 Å². The van der Waals surface area contributed by atoms with Crippen molar-refractivity contribution in [2.75, 3.05) is 0 Å². The molecule has 3 rings (SSSR count). The third kappa shape index (κ3) is 3.31. The van der Waals surface area contributed by atoms with Gasteiger partial charge < -0.3 is 15.3 Å². The van der Waals surface area contributed by atoms with Crippen LogP contribution in [0.4, 0.5) is 0 Å². The Morgan fingerprint density at radius 2 is 1.65 bits per heavy atom. The molecule has 2 aromatic carbocycles. The third-order valence-corrected chi connectivity index (χ3v) is 4.16. The maximum absolute atomic E-state index is 12.1. The lowest BCUT2D eigenvalue weighted by molar-refractivity contribution is 0.0992. The van der Waals surface area contributed by atoms with E-state index in [1.54, 1.807) is 37.3 Å². The topological polar surface area (TPSA) is 107 Å². The van der Waals surface area contributed by atoms with Crippen molar-refractivity contribution in [2.45, 2.75) is 6.92 Å². The summed E-state index contributed by atoms with van der Waals surface area (Å²) < 4.78 is 1.77. The molecule has 3 N–H and O–H groups in total. The SMILES string of the molecule is CC(=Cn1c(O)c2ccccc2c1O)N=NC(=O)c1cc(Br)ccc1O. The Hall–Kier alpha value is -3.13. The number of fused-ring (bicyclic) bond motifs is 1. The fraction of sp³-hybridized carbons (Fsp3) is 0.0556. The van der Waals surface area contributed by atoms with E-state index < -0.39 is 5.91 Å². The monoisotopic (exact) mass is 415 g/mol. The molecule has 1 amide bonds. The first-order chi connectivity index (χ1) is 12.4. The number of allylic oxidation sites excluding steroid dienone is 1. The summed E-state index contributed by atoms with van der Waals surface area (Å²) in [4.78, 5) is 12.1. The zero-order chi connectivity index (χ0) is 18.8. The number of carbonyl (C=O) groups excluding carboxylic acids is 1. The molecular weight excluding hydrogens is 402 g/mol. The van der Waals surface area contributed by atoms with Crippen LogP contribution in [0.5, 0.6) is 17.5 Å². The van der Waals surface area contributed by atoms with Crippen LogP contribution in [0.15, 0.2) is 62.9 Å². The molecule has 0 spiro atoms. The quantitative estimate of drug-likeness (QED) is 0.541. The summed E-state index contributed by atoms with van der Waals surface area (Å²) in [6, 6.07) is 11.2. The number of benzene rings is 2. The summed E-state index contributed by atoms with van der Waals surface area (Å²) in [5, 5.41) is 38.5. The largest absolute Gasteiger partial charge is 0.507 e. The molecule has 1 heterocycles. The molecular formula is C18H14BrN3O4. The number of hydrogen-bond acceptors (Lipinski definition) is 5. The van der Waals surface area contributed by atoms with Gasteiger partial charge in [-0.2, -0.15) is 5.11 Å². The normalized spacial score (nSPS) is 12.2. The van der Waals surface area contributed by atoms with E-state index >= 15 is 0 Å². The second-order valence-corrected chi connectivity index (χ2v) is 6.42. The van der Waals surface area contributed by atoms with Crippen molar-refractivity contribution in [1.29, 1.82) is 0 Å². The van der Waals surface area contributed by atoms with Crippen LogP contribution in [0.3, 0.4) is 0 Å². The molecule has 0 radical (unpaired) electrons. The molecule has 0 aliphatic rings. The average Bonchev–Trinajstić information content (AvgIpc) is 2.87. The van der Waals surface area contributed by atoms with Crippen LogP contribution in [0.1, 0.15) is 17.3 Å². The maximum atomic E-state index is 12.1. The molecule has 7 nitrogen and oxygen atoms in total. The van der Waals surface area contributed by atoms with E-state index in [0.29, 0.717) is 15.2 Å². The molecule has 3 aromatic rings. The number of aromatic nitrogens is 1. The molecule has 0 saturated heterocycles. The van der Waals surface area contributed by atoms with Gasteiger partial charge in [-0.3, -0.25) is 9.36 Å². The Bertz CT molecular complexity index is 1030. The molecule has 8 heteroatoms. The zero-order valence-electron chi connectivity index (χ0n) is 13.6. The number of hydrogen-bond donors (Lipinski definition) is 3. The number of aromatic hydroxyl groups is 3. The van der Waals surface area contributed by atoms with Gasteiger partial charge in [-0.05, 0) is 37.3 Å². The Morgan fingerprint density at radius 3 is 2.27 bits per heavy atom. The highest BCUT2D eigenvalue weighted by molar-refractivity contribution is 9.10. The average molecular weight is 416 g/mol. The lowest BCUT2D eigenvalue weighted by atomic mass is 10.2. The van der Waals surface area contributed by atoms with Gasteiger partial charge in [-0.1, -0.05) is 28.1 Å². The second-order valence-electron chi connectivity index (χ2n) is 5.50. The minimum absolute atomic E-state index is 0.00771. The van der Waals surface area contributed by atoms with E-state index in [1.807, 2.05) is 0 Å². The van der Waals surface area contributed by atoms with E-state index in [2.05, 4.69) is 26.2 Å². The molecule has 0 aliphatic heterocycles. The molecule has 26 heavy (non-hydrogen) atoms. The number of azo groups is 1. The molecule has 0 saturated carbocycles. The molecule has 0 atom stereocenters. The van der Waals surface area contributed by atoms with Gasteiger partial charge in [0.25, 0.3) is 5.91 Å². The Balaban J connectivity index is 1.90. The number of nitrogens with zero attached hydrogens (tertiary/aromatic N) is 3. The van der Waals surface area contributed by atoms with Crippen molar-refractivity contribution in [3.05, 3.63) is 58.2 Å². The first-order valence-corrected chi connectivity index (χ1v) is 8.31. The van der Waals surface area contributed by atoms with Crippen LogP contribution in [-0.2, 0) is 0 Å². The van der Waals surface area contributed by atoms with Gasteiger partial charge in [0.1, 0.15) is 5.75 Å². The van der Waals surface area contributed by atoms with Gasteiger partial charge in [0.2, 0.25) is 11.8 Å². The summed E-state index contributed by atoms with van der Waals surface area (Å²) in [7, 11) is 0. The van der Waals surface area contributed by atoms with Gasteiger partial charge in [-0.15, -0.1) is 5.11 Å². The van der Waals surface area contributed by atoms with Crippen LogP contribution >= 0.6 is 15.9 Å². The predicted octanol–water partition coefficient (Wildman–Crippen LogP) is 4.63. The fourth-order valence-electron chi connectivity index (χ4n) is 2.43. The summed E-state index contributed by atoms with van der Waals surface area (Å²) in [5.41, 5.74) is 0.270. The number of carbonyl (C=O) groups is 1. The smallest absolute Gasteiger partial charge is 0.299 e. The highest BCUT2D eigenvalue weighted by Gasteiger charge is 2.14. The number of amides is 1. The van der Waals surface area contributed by atoms with Crippen molar-refractivity contribution in [2.24, 2.45) is 10.2 Å². The molecule has 0 fully saturated rings. The first kappa shape index (κ1) is 17.7. The van der Waals surface area contributed by atoms with E-state index in [1.165, 1.54) is 18.3 Å². The van der Waals surface area contributed by atoms with Gasteiger partial charge >= 0.3 is 0 Å². The maximum Gasteiger partial charge on any atom is 0.299 e. The van der Waals surface area contributed by atoms with Crippen LogP contribution < -0.4 is 0 Å². The van der Waals surface area contributed by atoms with Crippen molar-refractivity contribution >= 4 is 38.8 Å². The summed E-state index contributed by atoms with van der Waals surface area (Å²) >= 11 is 3.22. The lowest BCUT2D eigenvalue weighted by Crippen LogP contribution is -1.95. The standard InChI is InChI=1S/C18H14BrN3O4/c1-10(20-21-16(24)14-8-11(19)6-7-15(14)23)9-22-17(25)12-4-2-3-5-13(12)18(22)26/h2-9,23,25-26H,1H3. The second kappa shape index (κ2) is 7.01. The predicted molar refractivity (Wildman–Crippen MR) is 100 cm³/mol. The zero-order valence-corrected chi connectivity index (χ0v) is 15.2. The van der Waals surface area contributed by atoms with E-state index in [9.17, 15) is 20.1 Å². The fourth-order valence-corrected chi connectivity index (χ4v) is 2.79. The lowest BCUT2D eigenvalue weighted by Gasteiger charge is -2.01. The summed E-state index contributed by atoms with van der Waals surface area (Å²) in [5.74, 6) is -1.22. The molecule has 1 aromatic heterocycles. The van der Waals surface area contributed by atoms with E-state index in [4.69, 9.17) is 0 Å². The van der Waals surface area contributed by atoms with E-state index in [-0.39, 0.29) is 28.8 Å². The minimum Gasteiger partial charge on any atom is -0.507 e. The van der Waals surface area contributed by atoms with E-state index in [0.717, 1.165) is 4.57 Å². The Kier molecular flexibility index (Phi) is 4.77. The van der Waals surface area contributed by atoms with Crippen molar-refractivity contribution in [3.8, 4) is 17.5 Å². The molecule has 132 valence electrons. The van der Waals surface area contributed by atoms with Crippen molar-refractivity contribution in [1.82, 2.24) is 4.57 Å². The van der Waals surface area contributed by atoms with Gasteiger partial charge in [0.15, 0.2) is 0 Å². The van der Waals surface area contributed by atoms with Crippen LogP contribution in [0.25, 0.3) is 17.0 Å². The molecule has 0 aliphatic carbocycles. The summed E-state index contributed by atoms with van der Waals surface area (Å²) in [6.45, 7) is 1.56. The van der Waals surface area contributed by atoms with Gasteiger partial charge in [-0.25, -0.2) is 0 Å². The molecule has 0 unspecified atom stereocenters. The number of halogens is 1. The van der Waals surface area contributed by atoms with Crippen LogP contribution in [0.2, 0.25) is 0 Å². The van der Waals surface area contributed by atoms with Crippen molar-refractivity contribution in [3.63, 3.8) is 0 Å². The van der Waals surface area contributed by atoms with Crippen LogP contribution in [0, 0.1) is 0 Å².